The predicted octanol–water partition coefficient (Wildman–Crippen LogP) is 3.04. The Labute approximate surface area is 122 Å². The molecule has 2 heterocycles. The van der Waals surface area contributed by atoms with Crippen LogP contribution in [0.4, 0.5) is 0 Å². The lowest BCUT2D eigenvalue weighted by molar-refractivity contribution is 0.0729. The van der Waals surface area contributed by atoms with Gasteiger partial charge in [0.25, 0.3) is 5.91 Å². The van der Waals surface area contributed by atoms with Gasteiger partial charge in [0.1, 0.15) is 0 Å². The zero-order chi connectivity index (χ0) is 13.7. The normalized spacial score (nSPS) is 19.4. The van der Waals surface area contributed by atoms with Gasteiger partial charge in [0.05, 0.1) is 11.8 Å². The summed E-state index contributed by atoms with van der Waals surface area (Å²) in [5.74, 6) is 0.0508. The van der Waals surface area contributed by atoms with E-state index >= 15 is 0 Å². The van der Waals surface area contributed by atoms with Crippen LogP contribution in [0.15, 0.2) is 21.4 Å². The number of halogens is 1. The smallest absolute Gasteiger partial charge is 0.258 e. The second-order valence-corrected chi connectivity index (χ2v) is 5.73. The number of nitrogens with zero attached hydrogens (tertiary/aromatic N) is 1. The van der Waals surface area contributed by atoms with Crippen molar-refractivity contribution in [2.75, 3.05) is 19.6 Å². The summed E-state index contributed by atoms with van der Waals surface area (Å²) in [6.07, 6.45) is 6.15. The first-order valence-corrected chi connectivity index (χ1v) is 7.77. The molecule has 1 saturated heterocycles. The van der Waals surface area contributed by atoms with Crippen LogP contribution >= 0.6 is 15.9 Å². The third-order valence-corrected chi connectivity index (χ3v) is 4.10. The molecular weight excluding hydrogens is 308 g/mol. The molecule has 1 atom stereocenters. The molecule has 1 aromatic rings. The van der Waals surface area contributed by atoms with Crippen LogP contribution in [-0.4, -0.2) is 36.5 Å². The van der Waals surface area contributed by atoms with Gasteiger partial charge in [0, 0.05) is 19.1 Å². The highest BCUT2D eigenvalue weighted by Crippen LogP contribution is 2.20. The van der Waals surface area contributed by atoms with Crippen LogP contribution in [-0.2, 0) is 0 Å². The fraction of sp³-hybridized carbons (Fsp3) is 0.643. The summed E-state index contributed by atoms with van der Waals surface area (Å²) in [7, 11) is 0. The molecule has 1 fully saturated rings. The van der Waals surface area contributed by atoms with Gasteiger partial charge in [0.15, 0.2) is 4.67 Å². The van der Waals surface area contributed by atoms with Gasteiger partial charge >= 0.3 is 0 Å². The van der Waals surface area contributed by atoms with Crippen molar-refractivity contribution < 1.29 is 9.21 Å². The highest BCUT2D eigenvalue weighted by molar-refractivity contribution is 9.10. The molecule has 4 nitrogen and oxygen atoms in total. The molecule has 1 N–H and O–H groups in total. The van der Waals surface area contributed by atoms with E-state index in [1.165, 1.54) is 12.8 Å². The first-order chi connectivity index (χ1) is 9.22. The standard InChI is InChI=1S/C14H21BrN2O2/c1-2-8-17(10-11-5-3-4-7-16-11)14(18)12-6-9-19-13(12)15/h6,9,11,16H,2-5,7-8,10H2,1H3. The number of hydrogen-bond donors (Lipinski definition) is 1. The Hall–Kier alpha value is -0.810. The van der Waals surface area contributed by atoms with Crippen LogP contribution in [0.3, 0.4) is 0 Å². The lowest BCUT2D eigenvalue weighted by atomic mass is 10.0. The predicted molar refractivity (Wildman–Crippen MR) is 78.2 cm³/mol. The van der Waals surface area contributed by atoms with Gasteiger partial charge in [-0.05, 0) is 47.8 Å². The summed E-state index contributed by atoms with van der Waals surface area (Å²) in [5.41, 5.74) is 0.615. The molecule has 2 rings (SSSR count). The van der Waals surface area contributed by atoms with Crippen LogP contribution in [0.5, 0.6) is 0 Å². The highest BCUT2D eigenvalue weighted by atomic mass is 79.9. The van der Waals surface area contributed by atoms with Crippen molar-refractivity contribution in [3.8, 4) is 0 Å². The van der Waals surface area contributed by atoms with Gasteiger partial charge in [-0.15, -0.1) is 0 Å². The van der Waals surface area contributed by atoms with Gasteiger partial charge in [-0.3, -0.25) is 4.79 Å². The molecule has 1 aromatic heterocycles. The van der Waals surface area contributed by atoms with Crippen LogP contribution in [0.25, 0.3) is 0 Å². The maximum atomic E-state index is 12.5. The van der Waals surface area contributed by atoms with E-state index in [1.54, 1.807) is 12.3 Å². The van der Waals surface area contributed by atoms with E-state index in [-0.39, 0.29) is 5.91 Å². The average Bonchev–Trinajstić information content (AvgIpc) is 2.85. The molecule has 1 aliphatic rings. The van der Waals surface area contributed by atoms with Crippen LogP contribution in [0, 0.1) is 0 Å². The monoisotopic (exact) mass is 328 g/mol. The van der Waals surface area contributed by atoms with Crippen molar-refractivity contribution in [3.63, 3.8) is 0 Å². The van der Waals surface area contributed by atoms with Gasteiger partial charge in [0.2, 0.25) is 0 Å². The summed E-state index contributed by atoms with van der Waals surface area (Å²) in [4.78, 5) is 14.4. The minimum atomic E-state index is 0.0508. The molecular formula is C14H21BrN2O2. The number of carbonyl (C=O) groups excluding carboxylic acids is 1. The number of amides is 1. The van der Waals surface area contributed by atoms with Crippen LogP contribution in [0.1, 0.15) is 43.0 Å². The molecule has 1 amide bonds. The Kier molecular flexibility index (Phi) is 5.45. The van der Waals surface area contributed by atoms with Gasteiger partial charge < -0.3 is 14.6 Å². The van der Waals surface area contributed by atoms with Gasteiger partial charge in [-0.1, -0.05) is 13.3 Å². The summed E-state index contributed by atoms with van der Waals surface area (Å²) in [5, 5.41) is 3.49. The molecule has 0 aromatic carbocycles. The summed E-state index contributed by atoms with van der Waals surface area (Å²) >= 11 is 3.28. The first kappa shape index (κ1) is 14.6. The Bertz CT molecular complexity index is 413. The molecule has 1 aliphatic heterocycles. The summed E-state index contributed by atoms with van der Waals surface area (Å²) < 4.78 is 5.68. The van der Waals surface area contributed by atoms with Crippen molar-refractivity contribution >= 4 is 21.8 Å². The Morgan fingerprint density at radius 3 is 3.00 bits per heavy atom. The molecule has 106 valence electrons. The van der Waals surface area contributed by atoms with Crippen LogP contribution < -0.4 is 5.32 Å². The SMILES string of the molecule is CCCN(CC1CCCCN1)C(=O)c1ccoc1Br. The molecule has 0 saturated carbocycles. The number of rotatable bonds is 5. The van der Waals surface area contributed by atoms with Crippen molar-refractivity contribution in [3.05, 3.63) is 22.6 Å². The Morgan fingerprint density at radius 2 is 2.42 bits per heavy atom. The average molecular weight is 329 g/mol. The highest BCUT2D eigenvalue weighted by Gasteiger charge is 2.23. The maximum Gasteiger partial charge on any atom is 0.258 e. The number of furan rings is 1. The van der Waals surface area contributed by atoms with Crippen molar-refractivity contribution in [1.82, 2.24) is 10.2 Å². The van der Waals surface area contributed by atoms with Gasteiger partial charge in [-0.25, -0.2) is 0 Å². The lowest BCUT2D eigenvalue weighted by Gasteiger charge is -2.30. The first-order valence-electron chi connectivity index (χ1n) is 6.98. The number of nitrogens with one attached hydrogen (secondary N) is 1. The van der Waals surface area contributed by atoms with Gasteiger partial charge in [-0.2, -0.15) is 0 Å². The van der Waals surface area contributed by atoms with E-state index in [9.17, 15) is 4.79 Å². The zero-order valence-electron chi connectivity index (χ0n) is 11.3. The van der Waals surface area contributed by atoms with Crippen molar-refractivity contribution in [2.24, 2.45) is 0 Å². The Balaban J connectivity index is 2.02. The molecule has 1 unspecified atom stereocenters. The number of carbonyl (C=O) groups is 1. The molecule has 0 spiro atoms. The van der Waals surface area contributed by atoms with Crippen molar-refractivity contribution in [1.29, 1.82) is 0 Å². The third kappa shape index (κ3) is 3.83. The quantitative estimate of drug-likeness (QED) is 0.903. The van der Waals surface area contributed by atoms with E-state index in [0.29, 0.717) is 16.3 Å². The number of piperidine rings is 1. The number of hydrogen-bond acceptors (Lipinski definition) is 3. The summed E-state index contributed by atoms with van der Waals surface area (Å²) in [6, 6.07) is 2.15. The lowest BCUT2D eigenvalue weighted by Crippen LogP contribution is -2.46. The zero-order valence-corrected chi connectivity index (χ0v) is 12.9. The second kappa shape index (κ2) is 7.10. The maximum absolute atomic E-state index is 12.5. The molecule has 0 aliphatic carbocycles. The molecule has 19 heavy (non-hydrogen) atoms. The van der Waals surface area contributed by atoms with E-state index in [2.05, 4.69) is 28.2 Å². The third-order valence-electron chi connectivity index (χ3n) is 3.48. The molecule has 0 radical (unpaired) electrons. The largest absolute Gasteiger partial charge is 0.457 e. The second-order valence-electron chi connectivity index (χ2n) is 5.01. The fourth-order valence-corrected chi connectivity index (χ4v) is 2.92. The summed E-state index contributed by atoms with van der Waals surface area (Å²) in [6.45, 7) is 4.73. The Morgan fingerprint density at radius 1 is 1.58 bits per heavy atom. The topological polar surface area (TPSA) is 45.5 Å². The molecule has 5 heteroatoms. The van der Waals surface area contributed by atoms with E-state index < -0.39 is 0 Å². The van der Waals surface area contributed by atoms with Crippen LogP contribution in [0.2, 0.25) is 0 Å². The van der Waals surface area contributed by atoms with Crippen molar-refractivity contribution in [2.45, 2.75) is 38.6 Å². The van der Waals surface area contributed by atoms with E-state index in [1.807, 2.05) is 4.90 Å². The minimum Gasteiger partial charge on any atom is -0.457 e. The fourth-order valence-electron chi connectivity index (χ4n) is 2.51. The van der Waals surface area contributed by atoms with E-state index in [4.69, 9.17) is 4.42 Å². The molecule has 0 bridgehead atoms. The van der Waals surface area contributed by atoms with E-state index in [0.717, 1.165) is 32.5 Å². The minimum absolute atomic E-state index is 0.0508.